The number of rotatable bonds is 3. The molecule has 8 heteroatoms. The summed E-state index contributed by atoms with van der Waals surface area (Å²) in [4.78, 5) is 11.9. The summed E-state index contributed by atoms with van der Waals surface area (Å²) in [7, 11) is 0. The first-order valence-corrected chi connectivity index (χ1v) is 8.10. The average Bonchev–Trinajstić information content (AvgIpc) is 3.18. The van der Waals surface area contributed by atoms with Crippen molar-refractivity contribution in [3.63, 3.8) is 0 Å². The van der Waals surface area contributed by atoms with Gasteiger partial charge in [-0.25, -0.2) is 4.98 Å². The predicted molar refractivity (Wildman–Crippen MR) is 91.7 cm³/mol. The maximum Gasteiger partial charge on any atom is 0.200 e. The minimum absolute atomic E-state index is 0.0207. The van der Waals surface area contributed by atoms with Gasteiger partial charge in [0.25, 0.3) is 0 Å². The molecule has 1 fully saturated rings. The monoisotopic (exact) mass is 347 g/mol. The van der Waals surface area contributed by atoms with Gasteiger partial charge in [-0.15, -0.1) is 0 Å². The highest BCUT2D eigenvalue weighted by molar-refractivity contribution is 7.71. The van der Waals surface area contributed by atoms with Crippen LogP contribution in [0, 0.1) is 4.77 Å². The van der Waals surface area contributed by atoms with Crippen LogP contribution < -0.4 is 5.32 Å². The topological polar surface area (TPSA) is 67.8 Å². The Hall–Kier alpha value is -1.96. The van der Waals surface area contributed by atoms with Crippen LogP contribution in [-0.2, 0) is 4.74 Å². The summed E-state index contributed by atoms with van der Waals surface area (Å²) in [5.41, 5.74) is 2.33. The molecule has 1 atom stereocenters. The van der Waals surface area contributed by atoms with Gasteiger partial charge in [0, 0.05) is 17.3 Å². The summed E-state index contributed by atoms with van der Waals surface area (Å²) >= 11 is 11.2. The van der Waals surface area contributed by atoms with Crippen molar-refractivity contribution in [3.8, 4) is 0 Å². The molecule has 1 aromatic carbocycles. The van der Waals surface area contributed by atoms with Crippen LogP contribution in [0.25, 0.3) is 11.2 Å². The molecule has 0 bridgehead atoms. The Morgan fingerprint density at radius 3 is 2.91 bits per heavy atom. The van der Waals surface area contributed by atoms with Gasteiger partial charge in [0.1, 0.15) is 17.6 Å². The van der Waals surface area contributed by atoms with Crippen molar-refractivity contribution in [2.75, 3.05) is 11.9 Å². The van der Waals surface area contributed by atoms with E-state index in [2.05, 4.69) is 20.3 Å². The first-order chi connectivity index (χ1) is 11.2. The largest absolute Gasteiger partial charge is 0.358 e. The SMILES string of the molecule is S=c1nc2c(ncn2C2CCCO2)c(Nc2ccc(Cl)cc2)[nH]1. The Kier molecular flexibility index (Phi) is 3.76. The van der Waals surface area contributed by atoms with E-state index in [9.17, 15) is 0 Å². The molecule has 0 aliphatic carbocycles. The van der Waals surface area contributed by atoms with Crippen LogP contribution in [0.3, 0.4) is 0 Å². The molecule has 1 saturated heterocycles. The number of hydrogen-bond acceptors (Lipinski definition) is 5. The van der Waals surface area contributed by atoms with Crippen LogP contribution in [0.5, 0.6) is 0 Å². The molecule has 3 heterocycles. The zero-order chi connectivity index (χ0) is 15.8. The van der Waals surface area contributed by atoms with E-state index < -0.39 is 0 Å². The van der Waals surface area contributed by atoms with Gasteiger partial charge in [-0.3, -0.25) is 4.57 Å². The maximum absolute atomic E-state index is 5.92. The van der Waals surface area contributed by atoms with Gasteiger partial charge in [0.2, 0.25) is 0 Å². The molecule has 2 N–H and O–H groups in total. The van der Waals surface area contributed by atoms with Gasteiger partial charge in [-0.1, -0.05) is 11.6 Å². The number of halogens is 1. The molecule has 6 nitrogen and oxygen atoms in total. The fourth-order valence-corrected chi connectivity index (χ4v) is 3.01. The maximum atomic E-state index is 5.92. The van der Waals surface area contributed by atoms with Crippen LogP contribution in [0.4, 0.5) is 11.5 Å². The molecule has 2 aromatic heterocycles. The summed E-state index contributed by atoms with van der Waals surface area (Å²) in [5.74, 6) is 0.707. The van der Waals surface area contributed by atoms with Crippen molar-refractivity contribution in [1.82, 2.24) is 19.5 Å². The van der Waals surface area contributed by atoms with Crippen LogP contribution >= 0.6 is 23.8 Å². The molecule has 118 valence electrons. The van der Waals surface area contributed by atoms with Crippen LogP contribution in [0.15, 0.2) is 30.6 Å². The van der Waals surface area contributed by atoms with Crippen molar-refractivity contribution < 1.29 is 4.74 Å². The quantitative estimate of drug-likeness (QED) is 0.695. The number of nitrogens with one attached hydrogen (secondary N) is 2. The van der Waals surface area contributed by atoms with E-state index in [4.69, 9.17) is 28.6 Å². The highest BCUT2D eigenvalue weighted by Gasteiger charge is 2.21. The van der Waals surface area contributed by atoms with E-state index in [0.29, 0.717) is 15.6 Å². The number of anilines is 2. The average molecular weight is 348 g/mol. The summed E-state index contributed by atoms with van der Waals surface area (Å²) < 4.78 is 8.06. The Bertz CT molecular complexity index is 898. The number of benzene rings is 1. The fraction of sp³-hybridized carbons (Fsp3) is 0.267. The molecular formula is C15H14ClN5OS. The lowest BCUT2D eigenvalue weighted by molar-refractivity contribution is 0.0593. The lowest BCUT2D eigenvalue weighted by Gasteiger charge is -2.12. The molecule has 4 rings (SSSR count). The number of hydrogen-bond donors (Lipinski definition) is 2. The van der Waals surface area contributed by atoms with Gasteiger partial charge in [0.15, 0.2) is 10.4 Å². The van der Waals surface area contributed by atoms with E-state index in [0.717, 1.165) is 36.3 Å². The molecule has 1 aliphatic rings. The number of ether oxygens (including phenoxy) is 1. The zero-order valence-corrected chi connectivity index (χ0v) is 13.7. The Morgan fingerprint density at radius 1 is 1.35 bits per heavy atom. The number of imidazole rings is 1. The normalized spacial score (nSPS) is 17.7. The number of fused-ring (bicyclic) bond motifs is 1. The number of aromatic nitrogens is 4. The number of aromatic amines is 1. The zero-order valence-electron chi connectivity index (χ0n) is 12.1. The lowest BCUT2D eigenvalue weighted by atomic mass is 10.3. The Labute approximate surface area is 142 Å². The van der Waals surface area contributed by atoms with Crippen LogP contribution in [0.2, 0.25) is 5.02 Å². The van der Waals surface area contributed by atoms with Crippen molar-refractivity contribution in [3.05, 3.63) is 40.4 Å². The summed E-state index contributed by atoms with van der Waals surface area (Å²) in [6, 6.07) is 7.43. The van der Waals surface area contributed by atoms with E-state index in [-0.39, 0.29) is 6.23 Å². The molecular weight excluding hydrogens is 334 g/mol. The second kappa shape index (κ2) is 5.92. The first-order valence-electron chi connectivity index (χ1n) is 7.32. The van der Waals surface area contributed by atoms with Gasteiger partial charge in [-0.2, -0.15) is 4.98 Å². The van der Waals surface area contributed by atoms with Gasteiger partial charge >= 0.3 is 0 Å². The van der Waals surface area contributed by atoms with E-state index >= 15 is 0 Å². The molecule has 0 spiro atoms. The molecule has 3 aromatic rings. The van der Waals surface area contributed by atoms with Gasteiger partial charge < -0.3 is 15.0 Å². The second-order valence-electron chi connectivity index (χ2n) is 5.34. The van der Waals surface area contributed by atoms with Crippen molar-refractivity contribution in [2.45, 2.75) is 19.1 Å². The minimum atomic E-state index is -0.0207. The molecule has 0 radical (unpaired) electrons. The standard InChI is InChI=1S/C15H14ClN5OS/c16-9-3-5-10(6-4-9)18-13-12-14(20-15(23)19-13)21(8-17-12)11-2-1-7-22-11/h3-6,8,11H,1-2,7H2,(H2,18,19,20,23). The van der Waals surface area contributed by atoms with E-state index in [1.807, 2.05) is 28.8 Å². The van der Waals surface area contributed by atoms with Crippen molar-refractivity contribution >= 4 is 46.5 Å². The second-order valence-corrected chi connectivity index (χ2v) is 6.16. The summed E-state index contributed by atoms with van der Waals surface area (Å²) in [5, 5.41) is 3.97. The Balaban J connectivity index is 1.77. The molecule has 0 saturated carbocycles. The molecule has 23 heavy (non-hydrogen) atoms. The van der Waals surface area contributed by atoms with Crippen LogP contribution in [0.1, 0.15) is 19.1 Å². The summed E-state index contributed by atoms with van der Waals surface area (Å²) in [6.45, 7) is 0.764. The lowest BCUT2D eigenvalue weighted by Crippen LogP contribution is -2.07. The van der Waals surface area contributed by atoms with Gasteiger partial charge in [-0.05, 0) is 49.3 Å². The Morgan fingerprint density at radius 2 is 2.17 bits per heavy atom. The van der Waals surface area contributed by atoms with E-state index in [1.165, 1.54) is 0 Å². The fourth-order valence-electron chi connectivity index (χ4n) is 2.69. The van der Waals surface area contributed by atoms with Crippen molar-refractivity contribution in [1.29, 1.82) is 0 Å². The molecule has 1 aliphatic heterocycles. The first kappa shape index (κ1) is 14.6. The van der Waals surface area contributed by atoms with Crippen molar-refractivity contribution in [2.24, 2.45) is 0 Å². The van der Waals surface area contributed by atoms with Crippen LogP contribution in [-0.4, -0.2) is 26.1 Å². The third-order valence-corrected chi connectivity index (χ3v) is 4.22. The predicted octanol–water partition coefficient (Wildman–Crippen LogP) is 4.19. The summed E-state index contributed by atoms with van der Waals surface area (Å²) in [6.07, 6.45) is 3.73. The third kappa shape index (κ3) is 2.83. The van der Waals surface area contributed by atoms with Gasteiger partial charge in [0.05, 0.1) is 6.33 Å². The number of nitrogens with zero attached hydrogens (tertiary/aromatic N) is 3. The minimum Gasteiger partial charge on any atom is -0.358 e. The third-order valence-electron chi connectivity index (χ3n) is 3.77. The molecule has 0 amide bonds. The highest BCUT2D eigenvalue weighted by atomic mass is 35.5. The van der Waals surface area contributed by atoms with E-state index in [1.54, 1.807) is 6.33 Å². The smallest absolute Gasteiger partial charge is 0.200 e. The molecule has 1 unspecified atom stereocenters. The highest BCUT2D eigenvalue weighted by Crippen LogP contribution is 2.29. The number of H-pyrrole nitrogens is 1.